The zero-order valence-corrected chi connectivity index (χ0v) is 6.95. The van der Waals surface area contributed by atoms with Gasteiger partial charge < -0.3 is 10.5 Å². The smallest absolute Gasteiger partial charge is 0.173 e. The minimum absolute atomic E-state index is 0.00782. The molecule has 0 spiro atoms. The van der Waals surface area contributed by atoms with E-state index in [-0.39, 0.29) is 24.4 Å². The van der Waals surface area contributed by atoms with E-state index in [1.165, 1.54) is 0 Å². The van der Waals surface area contributed by atoms with Crippen LogP contribution in [0.1, 0.15) is 19.3 Å². The first-order valence-electron chi connectivity index (χ1n) is 4.09. The fourth-order valence-corrected chi connectivity index (χ4v) is 1.33. The summed E-state index contributed by atoms with van der Waals surface area (Å²) in [4.78, 5) is 11.2. The van der Waals surface area contributed by atoms with E-state index in [1.807, 2.05) is 0 Å². The van der Waals surface area contributed by atoms with Crippen molar-refractivity contribution in [1.29, 1.82) is 0 Å². The molecule has 1 fully saturated rings. The molecule has 0 aliphatic carbocycles. The number of ether oxygens (including phenoxy) is 1. The maximum atomic E-state index is 11.2. The van der Waals surface area contributed by atoms with Gasteiger partial charge in [-0.05, 0) is 12.8 Å². The standard InChI is InChI=1S/C9H13NO2/c1-2-3-8(11)9-5-4-7(6-10)12-9/h1,7,9H,3-6,10H2. The molecule has 66 valence electrons. The van der Waals surface area contributed by atoms with Gasteiger partial charge in [-0.25, -0.2) is 0 Å². The second-order valence-corrected chi connectivity index (χ2v) is 2.91. The van der Waals surface area contributed by atoms with Gasteiger partial charge in [0.1, 0.15) is 6.10 Å². The van der Waals surface area contributed by atoms with Gasteiger partial charge in [0.2, 0.25) is 0 Å². The summed E-state index contributed by atoms with van der Waals surface area (Å²) in [5.41, 5.74) is 5.39. The van der Waals surface area contributed by atoms with Crippen LogP contribution in [0.25, 0.3) is 0 Å². The van der Waals surface area contributed by atoms with Crippen LogP contribution in [0.5, 0.6) is 0 Å². The fraction of sp³-hybridized carbons (Fsp3) is 0.667. The zero-order chi connectivity index (χ0) is 8.97. The van der Waals surface area contributed by atoms with Gasteiger partial charge in [-0.3, -0.25) is 4.79 Å². The van der Waals surface area contributed by atoms with E-state index >= 15 is 0 Å². The average molecular weight is 167 g/mol. The summed E-state index contributed by atoms with van der Waals surface area (Å²) in [6.07, 6.45) is 6.58. The summed E-state index contributed by atoms with van der Waals surface area (Å²) >= 11 is 0. The lowest BCUT2D eigenvalue weighted by Gasteiger charge is -2.09. The van der Waals surface area contributed by atoms with Gasteiger partial charge in [0.15, 0.2) is 5.78 Å². The molecule has 1 heterocycles. The lowest BCUT2D eigenvalue weighted by Crippen LogP contribution is -2.24. The molecule has 0 aromatic rings. The normalized spacial score (nSPS) is 28.3. The molecule has 1 aliphatic rings. The number of hydrogen-bond donors (Lipinski definition) is 1. The summed E-state index contributed by atoms with van der Waals surface area (Å²) < 4.78 is 5.35. The van der Waals surface area contributed by atoms with Crippen molar-refractivity contribution in [2.24, 2.45) is 5.73 Å². The van der Waals surface area contributed by atoms with Crippen LogP contribution >= 0.6 is 0 Å². The predicted octanol–water partition coefficient (Wildman–Crippen LogP) is 0.0851. The number of ketones is 1. The molecule has 1 rings (SSSR count). The summed E-state index contributed by atoms with van der Waals surface area (Å²) in [6.45, 7) is 0.486. The van der Waals surface area contributed by atoms with Crippen LogP contribution in [0.3, 0.4) is 0 Å². The van der Waals surface area contributed by atoms with Gasteiger partial charge in [0, 0.05) is 6.54 Å². The first kappa shape index (κ1) is 9.24. The molecule has 0 amide bonds. The third-order valence-corrected chi connectivity index (χ3v) is 2.01. The van der Waals surface area contributed by atoms with Crippen LogP contribution in [0.2, 0.25) is 0 Å². The first-order chi connectivity index (χ1) is 5.77. The molecular weight excluding hydrogens is 154 g/mol. The van der Waals surface area contributed by atoms with Crippen LogP contribution in [-0.4, -0.2) is 24.5 Å². The van der Waals surface area contributed by atoms with E-state index in [2.05, 4.69) is 5.92 Å². The Labute approximate surface area is 72.3 Å². The Balaban J connectivity index is 2.37. The van der Waals surface area contributed by atoms with Crippen molar-refractivity contribution in [3.63, 3.8) is 0 Å². The predicted molar refractivity (Wildman–Crippen MR) is 45.4 cm³/mol. The number of Topliss-reactive ketones (excluding diaryl/α,β-unsaturated/α-hetero) is 1. The van der Waals surface area contributed by atoms with Gasteiger partial charge in [-0.1, -0.05) is 5.92 Å². The van der Waals surface area contributed by atoms with E-state index in [9.17, 15) is 4.79 Å². The molecule has 3 nitrogen and oxygen atoms in total. The maximum Gasteiger partial charge on any atom is 0.173 e. The second-order valence-electron chi connectivity index (χ2n) is 2.91. The number of nitrogens with two attached hydrogens (primary N) is 1. The highest BCUT2D eigenvalue weighted by Crippen LogP contribution is 2.20. The highest BCUT2D eigenvalue weighted by atomic mass is 16.5. The summed E-state index contributed by atoms with van der Waals surface area (Å²) in [6, 6.07) is 0. The van der Waals surface area contributed by atoms with Crippen LogP contribution in [-0.2, 0) is 9.53 Å². The molecular formula is C9H13NO2. The highest BCUT2D eigenvalue weighted by molar-refractivity contribution is 5.85. The largest absolute Gasteiger partial charge is 0.366 e. The van der Waals surface area contributed by atoms with E-state index in [1.54, 1.807) is 0 Å². The molecule has 0 aromatic carbocycles. The van der Waals surface area contributed by atoms with E-state index in [4.69, 9.17) is 16.9 Å². The molecule has 12 heavy (non-hydrogen) atoms. The van der Waals surface area contributed by atoms with Gasteiger partial charge in [0.05, 0.1) is 12.5 Å². The summed E-state index contributed by atoms with van der Waals surface area (Å²) in [7, 11) is 0. The quantitative estimate of drug-likeness (QED) is 0.606. The van der Waals surface area contributed by atoms with Crippen molar-refractivity contribution in [2.45, 2.75) is 31.5 Å². The number of carbonyl (C=O) groups excluding carboxylic acids is 1. The Morgan fingerprint density at radius 1 is 1.67 bits per heavy atom. The van der Waals surface area contributed by atoms with Crippen molar-refractivity contribution in [3.05, 3.63) is 0 Å². The van der Waals surface area contributed by atoms with Crippen molar-refractivity contribution < 1.29 is 9.53 Å². The molecule has 2 atom stereocenters. The van der Waals surface area contributed by atoms with E-state index in [0.29, 0.717) is 6.54 Å². The van der Waals surface area contributed by atoms with E-state index < -0.39 is 0 Å². The summed E-state index contributed by atoms with van der Waals surface area (Å²) in [5.74, 6) is 2.32. The minimum Gasteiger partial charge on any atom is -0.366 e. The molecule has 2 unspecified atom stereocenters. The maximum absolute atomic E-state index is 11.2. The first-order valence-corrected chi connectivity index (χ1v) is 4.09. The molecule has 0 saturated carbocycles. The lowest BCUT2D eigenvalue weighted by molar-refractivity contribution is -0.128. The van der Waals surface area contributed by atoms with Gasteiger partial charge in [-0.15, -0.1) is 6.42 Å². The molecule has 0 bridgehead atoms. The average Bonchev–Trinajstić information content (AvgIpc) is 2.52. The van der Waals surface area contributed by atoms with Crippen molar-refractivity contribution >= 4 is 5.78 Å². The number of rotatable bonds is 3. The lowest BCUT2D eigenvalue weighted by atomic mass is 10.1. The fourth-order valence-electron chi connectivity index (χ4n) is 1.33. The second kappa shape index (κ2) is 4.24. The Hall–Kier alpha value is -0.850. The third kappa shape index (κ3) is 2.07. The Kier molecular flexibility index (Phi) is 3.27. The van der Waals surface area contributed by atoms with Crippen LogP contribution in [0.15, 0.2) is 0 Å². The SMILES string of the molecule is C#CCC(=O)C1CCC(CN)O1. The molecule has 1 aliphatic heterocycles. The number of terminal acetylenes is 1. The van der Waals surface area contributed by atoms with Crippen LogP contribution in [0.4, 0.5) is 0 Å². The minimum atomic E-state index is -0.297. The number of hydrogen-bond acceptors (Lipinski definition) is 3. The molecule has 0 aromatic heterocycles. The van der Waals surface area contributed by atoms with Crippen molar-refractivity contribution in [3.8, 4) is 12.3 Å². The Morgan fingerprint density at radius 2 is 2.42 bits per heavy atom. The van der Waals surface area contributed by atoms with Gasteiger partial charge in [0.25, 0.3) is 0 Å². The van der Waals surface area contributed by atoms with Crippen molar-refractivity contribution in [1.82, 2.24) is 0 Å². The third-order valence-electron chi connectivity index (χ3n) is 2.01. The Morgan fingerprint density at radius 3 is 2.92 bits per heavy atom. The zero-order valence-electron chi connectivity index (χ0n) is 6.95. The van der Waals surface area contributed by atoms with E-state index in [0.717, 1.165) is 12.8 Å². The highest BCUT2D eigenvalue weighted by Gasteiger charge is 2.28. The molecule has 3 heteroatoms. The molecule has 1 saturated heterocycles. The summed E-state index contributed by atoms with van der Waals surface area (Å²) in [5, 5.41) is 0. The van der Waals surface area contributed by atoms with Gasteiger partial charge >= 0.3 is 0 Å². The van der Waals surface area contributed by atoms with Crippen LogP contribution in [0, 0.1) is 12.3 Å². The van der Waals surface area contributed by atoms with Gasteiger partial charge in [-0.2, -0.15) is 0 Å². The number of carbonyl (C=O) groups is 1. The monoisotopic (exact) mass is 167 g/mol. The topological polar surface area (TPSA) is 52.3 Å². The Bertz CT molecular complexity index is 207. The van der Waals surface area contributed by atoms with Crippen LogP contribution < -0.4 is 5.73 Å². The van der Waals surface area contributed by atoms with Crippen molar-refractivity contribution in [2.75, 3.05) is 6.54 Å². The molecule has 0 radical (unpaired) electrons. The molecule has 2 N–H and O–H groups in total.